The minimum absolute atomic E-state index is 0.265. The molecule has 3 rings (SSSR count). The predicted octanol–water partition coefficient (Wildman–Crippen LogP) is 3.13. The Labute approximate surface area is 116 Å². The number of aryl methyl sites for hydroxylation is 1. The normalized spacial score (nSPS) is 15.4. The fourth-order valence-electron chi connectivity index (χ4n) is 1.79. The summed E-state index contributed by atoms with van der Waals surface area (Å²) < 4.78 is 26.9. The molecule has 1 N–H and O–H groups in total. The van der Waals surface area contributed by atoms with Gasteiger partial charge in [0.2, 0.25) is 0 Å². The van der Waals surface area contributed by atoms with Gasteiger partial charge in [0.25, 0.3) is 10.0 Å². The Morgan fingerprint density at radius 3 is 2.58 bits per heavy atom. The average Bonchev–Trinajstić information content (AvgIpc) is 3.11. The number of hydrogen-bond acceptors (Lipinski definition) is 4. The van der Waals surface area contributed by atoms with Gasteiger partial charge in [-0.1, -0.05) is 17.7 Å². The Morgan fingerprint density at radius 1 is 1.26 bits per heavy atom. The lowest BCUT2D eigenvalue weighted by atomic mass is 10.2. The summed E-state index contributed by atoms with van der Waals surface area (Å²) in [7, 11) is -3.52. The molecule has 1 heterocycles. The van der Waals surface area contributed by atoms with Gasteiger partial charge in [0, 0.05) is 11.3 Å². The van der Waals surface area contributed by atoms with Crippen LogP contribution < -0.4 is 4.72 Å². The van der Waals surface area contributed by atoms with Crippen LogP contribution in [0.25, 0.3) is 0 Å². The SMILES string of the molecule is Cc1ccc(S(=O)(=O)Nc2nc(C3CC3)cs2)cc1. The van der Waals surface area contributed by atoms with Crippen LogP contribution in [0.4, 0.5) is 5.13 Å². The van der Waals surface area contributed by atoms with Crippen molar-refractivity contribution < 1.29 is 8.42 Å². The van der Waals surface area contributed by atoms with Gasteiger partial charge in [0.1, 0.15) is 0 Å². The lowest BCUT2D eigenvalue weighted by Gasteiger charge is -2.05. The molecule has 19 heavy (non-hydrogen) atoms. The van der Waals surface area contributed by atoms with Crippen LogP contribution in [0.1, 0.15) is 30.0 Å². The Hall–Kier alpha value is -1.40. The first-order valence-electron chi connectivity index (χ1n) is 6.09. The minimum Gasteiger partial charge on any atom is -0.255 e. The van der Waals surface area contributed by atoms with E-state index in [0.29, 0.717) is 11.0 Å². The quantitative estimate of drug-likeness (QED) is 0.942. The zero-order valence-corrected chi connectivity index (χ0v) is 12.1. The molecule has 1 aromatic heterocycles. The molecule has 1 saturated carbocycles. The van der Waals surface area contributed by atoms with Crippen LogP contribution in [0.15, 0.2) is 34.5 Å². The van der Waals surface area contributed by atoms with E-state index >= 15 is 0 Å². The molecule has 0 amide bonds. The molecule has 0 saturated heterocycles. The van der Waals surface area contributed by atoms with Crippen LogP contribution in [0, 0.1) is 6.92 Å². The van der Waals surface area contributed by atoms with Gasteiger partial charge >= 0.3 is 0 Å². The van der Waals surface area contributed by atoms with Crippen LogP contribution in [0.2, 0.25) is 0 Å². The van der Waals surface area contributed by atoms with E-state index in [-0.39, 0.29) is 4.90 Å². The van der Waals surface area contributed by atoms with Crippen molar-refractivity contribution in [3.63, 3.8) is 0 Å². The third-order valence-corrected chi connectivity index (χ3v) is 5.33. The van der Waals surface area contributed by atoms with E-state index < -0.39 is 10.0 Å². The summed E-state index contributed by atoms with van der Waals surface area (Å²) in [5, 5.41) is 2.38. The molecule has 1 aromatic carbocycles. The molecule has 4 nitrogen and oxygen atoms in total. The van der Waals surface area contributed by atoms with Crippen molar-refractivity contribution in [2.75, 3.05) is 4.72 Å². The molecule has 0 aliphatic heterocycles. The average molecular weight is 294 g/mol. The maximum Gasteiger partial charge on any atom is 0.263 e. The molecule has 2 aromatic rings. The molecular formula is C13H14N2O2S2. The molecule has 0 radical (unpaired) electrons. The van der Waals surface area contributed by atoms with Crippen LogP contribution in [0.5, 0.6) is 0 Å². The van der Waals surface area contributed by atoms with Crippen molar-refractivity contribution in [2.24, 2.45) is 0 Å². The summed E-state index contributed by atoms with van der Waals surface area (Å²) >= 11 is 1.34. The van der Waals surface area contributed by atoms with E-state index in [1.54, 1.807) is 24.3 Å². The zero-order valence-electron chi connectivity index (χ0n) is 10.5. The summed E-state index contributed by atoms with van der Waals surface area (Å²) in [6.07, 6.45) is 2.32. The number of benzene rings is 1. The standard InChI is InChI=1S/C13H14N2O2S2/c1-9-2-6-11(7-3-9)19(16,17)15-13-14-12(8-18-13)10-4-5-10/h2-3,6-8,10H,4-5H2,1H3,(H,14,15). The van der Waals surface area contributed by atoms with Gasteiger partial charge < -0.3 is 0 Å². The number of thiazole rings is 1. The van der Waals surface area contributed by atoms with Gasteiger partial charge in [0.05, 0.1) is 10.6 Å². The molecule has 1 fully saturated rings. The van der Waals surface area contributed by atoms with Crippen molar-refractivity contribution in [1.82, 2.24) is 4.98 Å². The van der Waals surface area contributed by atoms with Crippen molar-refractivity contribution >= 4 is 26.5 Å². The first-order chi connectivity index (χ1) is 9.04. The Bertz CT molecular complexity index is 686. The smallest absolute Gasteiger partial charge is 0.255 e. The van der Waals surface area contributed by atoms with Crippen LogP contribution in [-0.2, 0) is 10.0 Å². The van der Waals surface area contributed by atoms with Gasteiger partial charge in [0.15, 0.2) is 5.13 Å². The van der Waals surface area contributed by atoms with E-state index in [2.05, 4.69) is 9.71 Å². The van der Waals surface area contributed by atoms with Crippen molar-refractivity contribution in [2.45, 2.75) is 30.6 Å². The highest BCUT2D eigenvalue weighted by Gasteiger charge is 2.26. The highest BCUT2D eigenvalue weighted by atomic mass is 32.2. The zero-order chi connectivity index (χ0) is 13.5. The van der Waals surface area contributed by atoms with Crippen molar-refractivity contribution in [3.05, 3.63) is 40.9 Å². The van der Waals surface area contributed by atoms with Crippen molar-refractivity contribution in [3.8, 4) is 0 Å². The fourth-order valence-corrected chi connectivity index (χ4v) is 3.84. The minimum atomic E-state index is -3.52. The molecular weight excluding hydrogens is 280 g/mol. The van der Waals surface area contributed by atoms with E-state index in [9.17, 15) is 8.42 Å². The molecule has 1 aliphatic carbocycles. The summed E-state index contributed by atoms with van der Waals surface area (Å²) in [4.78, 5) is 4.59. The number of aromatic nitrogens is 1. The van der Waals surface area contributed by atoms with Crippen molar-refractivity contribution in [1.29, 1.82) is 0 Å². The highest BCUT2D eigenvalue weighted by molar-refractivity contribution is 7.93. The molecule has 0 unspecified atom stereocenters. The predicted molar refractivity (Wildman–Crippen MR) is 76.1 cm³/mol. The van der Waals surface area contributed by atoms with E-state index in [1.807, 2.05) is 12.3 Å². The lowest BCUT2D eigenvalue weighted by Crippen LogP contribution is -2.12. The Morgan fingerprint density at radius 2 is 1.95 bits per heavy atom. The number of hydrogen-bond donors (Lipinski definition) is 1. The third-order valence-electron chi connectivity index (χ3n) is 3.07. The first-order valence-corrected chi connectivity index (χ1v) is 8.46. The van der Waals surface area contributed by atoms with E-state index in [4.69, 9.17) is 0 Å². The topological polar surface area (TPSA) is 59.1 Å². The van der Waals surface area contributed by atoms with Gasteiger partial charge in [-0.05, 0) is 31.9 Å². The highest BCUT2D eigenvalue weighted by Crippen LogP contribution is 2.41. The number of nitrogens with zero attached hydrogens (tertiary/aromatic N) is 1. The van der Waals surface area contributed by atoms with Gasteiger partial charge in [-0.3, -0.25) is 4.72 Å². The molecule has 0 atom stereocenters. The van der Waals surface area contributed by atoms with Crippen LogP contribution in [-0.4, -0.2) is 13.4 Å². The maximum atomic E-state index is 12.2. The summed E-state index contributed by atoms with van der Waals surface area (Å²) in [6.45, 7) is 1.92. The molecule has 1 aliphatic rings. The summed E-state index contributed by atoms with van der Waals surface area (Å²) in [6, 6.07) is 6.78. The van der Waals surface area contributed by atoms with E-state index in [0.717, 1.165) is 24.1 Å². The molecule has 6 heteroatoms. The second-order valence-electron chi connectivity index (χ2n) is 4.77. The van der Waals surface area contributed by atoms with Crippen LogP contribution >= 0.6 is 11.3 Å². The largest absolute Gasteiger partial charge is 0.263 e. The van der Waals surface area contributed by atoms with Crippen LogP contribution in [0.3, 0.4) is 0 Å². The maximum absolute atomic E-state index is 12.2. The fraction of sp³-hybridized carbons (Fsp3) is 0.308. The second kappa shape index (κ2) is 4.61. The monoisotopic (exact) mass is 294 g/mol. The van der Waals surface area contributed by atoms with Gasteiger partial charge in [-0.25, -0.2) is 13.4 Å². The summed E-state index contributed by atoms with van der Waals surface area (Å²) in [5.41, 5.74) is 2.04. The number of nitrogens with one attached hydrogen (secondary N) is 1. The third kappa shape index (κ3) is 2.79. The second-order valence-corrected chi connectivity index (χ2v) is 7.31. The summed E-state index contributed by atoms with van der Waals surface area (Å²) in [5.74, 6) is 0.536. The molecule has 100 valence electrons. The van der Waals surface area contributed by atoms with Gasteiger partial charge in [-0.2, -0.15) is 0 Å². The Balaban J connectivity index is 1.81. The molecule has 0 spiro atoms. The Kier molecular flexibility index (Phi) is 3.06. The number of sulfonamides is 1. The van der Waals surface area contributed by atoms with E-state index in [1.165, 1.54) is 11.3 Å². The number of anilines is 1. The number of rotatable bonds is 4. The van der Waals surface area contributed by atoms with Gasteiger partial charge in [-0.15, -0.1) is 11.3 Å². The lowest BCUT2D eigenvalue weighted by molar-refractivity contribution is 0.601. The first kappa shape index (κ1) is 12.6. The molecule has 0 bridgehead atoms.